The Bertz CT molecular complexity index is 1430. The zero-order valence-corrected chi connectivity index (χ0v) is 25.4. The molecular weight excluding hydrogens is 522 g/mol. The van der Waals surface area contributed by atoms with E-state index >= 15 is 0 Å². The first-order valence-electron chi connectivity index (χ1n) is 13.6. The van der Waals surface area contributed by atoms with Crippen LogP contribution in [0.25, 0.3) is 0 Å². The maximum absolute atomic E-state index is 14.1. The Morgan fingerprint density at radius 1 is 0.825 bits per heavy atom. The van der Waals surface area contributed by atoms with Crippen LogP contribution in [0.4, 0.5) is 5.69 Å². The number of hydrogen-bond acceptors (Lipinski definition) is 4. The lowest BCUT2D eigenvalue weighted by atomic mass is 10.1. The van der Waals surface area contributed by atoms with E-state index in [2.05, 4.69) is 5.32 Å². The minimum atomic E-state index is -4.10. The van der Waals surface area contributed by atoms with Crippen LogP contribution in [-0.4, -0.2) is 43.8 Å². The molecule has 0 aliphatic rings. The van der Waals surface area contributed by atoms with Gasteiger partial charge in [-0.25, -0.2) is 8.42 Å². The molecular formula is C32H41N3O4S. The van der Waals surface area contributed by atoms with Crippen LogP contribution < -0.4 is 9.62 Å². The molecule has 0 aliphatic heterocycles. The third-order valence-electron chi connectivity index (χ3n) is 6.99. The molecule has 0 saturated heterocycles. The molecule has 7 nitrogen and oxygen atoms in total. The van der Waals surface area contributed by atoms with Crippen LogP contribution in [0.1, 0.15) is 55.0 Å². The maximum Gasteiger partial charge on any atom is 0.264 e. The molecule has 0 bridgehead atoms. The first-order chi connectivity index (χ1) is 18.8. The van der Waals surface area contributed by atoms with E-state index in [0.29, 0.717) is 5.69 Å². The molecule has 1 N–H and O–H groups in total. The fourth-order valence-electron chi connectivity index (χ4n) is 4.52. The third-order valence-corrected chi connectivity index (χ3v) is 8.77. The first-order valence-corrected chi connectivity index (χ1v) is 15.1. The minimum absolute atomic E-state index is 0.0560. The molecule has 40 heavy (non-hydrogen) atoms. The zero-order valence-electron chi connectivity index (χ0n) is 24.6. The van der Waals surface area contributed by atoms with Gasteiger partial charge in [-0.1, -0.05) is 60.5 Å². The number of rotatable bonds is 11. The lowest BCUT2D eigenvalue weighted by molar-refractivity contribution is -0.139. The van der Waals surface area contributed by atoms with Gasteiger partial charge in [0.15, 0.2) is 0 Å². The summed E-state index contributed by atoms with van der Waals surface area (Å²) in [5.74, 6) is -0.752. The van der Waals surface area contributed by atoms with Crippen LogP contribution in [0.3, 0.4) is 0 Å². The molecule has 0 spiro atoms. The van der Waals surface area contributed by atoms with Crippen LogP contribution in [0.5, 0.6) is 0 Å². The van der Waals surface area contributed by atoms with E-state index in [1.165, 1.54) is 4.90 Å². The Labute approximate surface area is 239 Å². The molecule has 0 aromatic heterocycles. The number of carbonyl (C=O) groups excluding carboxylic acids is 2. The molecule has 3 aromatic carbocycles. The number of nitrogens with one attached hydrogen (secondary N) is 1. The summed E-state index contributed by atoms with van der Waals surface area (Å²) in [7, 11) is -4.10. The Kier molecular flexibility index (Phi) is 10.1. The number of benzene rings is 3. The third kappa shape index (κ3) is 7.72. The van der Waals surface area contributed by atoms with Crippen molar-refractivity contribution in [1.29, 1.82) is 0 Å². The zero-order chi connectivity index (χ0) is 29.6. The van der Waals surface area contributed by atoms with Crippen molar-refractivity contribution in [1.82, 2.24) is 10.2 Å². The van der Waals surface area contributed by atoms with Gasteiger partial charge in [0.2, 0.25) is 11.8 Å². The van der Waals surface area contributed by atoms with Crippen molar-refractivity contribution < 1.29 is 18.0 Å². The van der Waals surface area contributed by atoms with Crippen molar-refractivity contribution in [2.24, 2.45) is 0 Å². The van der Waals surface area contributed by atoms with Crippen molar-refractivity contribution in [3.05, 3.63) is 94.5 Å². The molecule has 8 heteroatoms. The van der Waals surface area contributed by atoms with Gasteiger partial charge in [0.05, 0.1) is 10.6 Å². The summed E-state index contributed by atoms with van der Waals surface area (Å²) in [6.07, 6.45) is 0.750. The van der Waals surface area contributed by atoms with E-state index in [0.717, 1.165) is 38.5 Å². The van der Waals surface area contributed by atoms with Crippen LogP contribution >= 0.6 is 0 Å². The Hall–Kier alpha value is -3.65. The van der Waals surface area contributed by atoms with Crippen molar-refractivity contribution in [3.8, 4) is 0 Å². The average molecular weight is 564 g/mol. The summed E-state index contributed by atoms with van der Waals surface area (Å²) in [6.45, 7) is 12.9. The van der Waals surface area contributed by atoms with Gasteiger partial charge in [0.1, 0.15) is 12.6 Å². The van der Waals surface area contributed by atoms with Gasteiger partial charge in [0, 0.05) is 12.6 Å². The van der Waals surface area contributed by atoms with Gasteiger partial charge in [-0.15, -0.1) is 0 Å². The molecule has 0 heterocycles. The van der Waals surface area contributed by atoms with E-state index in [-0.39, 0.29) is 23.4 Å². The number of hydrogen-bond donors (Lipinski definition) is 1. The van der Waals surface area contributed by atoms with Crippen LogP contribution in [0.2, 0.25) is 0 Å². The largest absolute Gasteiger partial charge is 0.352 e. The predicted octanol–water partition coefficient (Wildman–Crippen LogP) is 5.45. The standard InChI is InChI=1S/C32H41N3O4S/c1-8-26(6)33-32(37)27(7)34(20-28-11-9-10-23(3)17-28)31(36)21-35(29-18-24(4)16-25(5)19-29)40(38,39)30-14-12-22(2)13-15-30/h9-19,26-27H,8,20-21H2,1-7H3,(H,33,37). The summed E-state index contributed by atoms with van der Waals surface area (Å²) in [6, 6.07) is 18.9. The lowest BCUT2D eigenvalue weighted by Crippen LogP contribution is -2.52. The molecule has 0 aliphatic carbocycles. The number of anilines is 1. The summed E-state index contributed by atoms with van der Waals surface area (Å²) in [5, 5.41) is 2.96. The Morgan fingerprint density at radius 2 is 1.45 bits per heavy atom. The highest BCUT2D eigenvalue weighted by atomic mass is 32.2. The summed E-state index contributed by atoms with van der Waals surface area (Å²) in [4.78, 5) is 28.8. The highest BCUT2D eigenvalue weighted by Gasteiger charge is 2.33. The Balaban J connectivity index is 2.06. The predicted molar refractivity (Wildman–Crippen MR) is 161 cm³/mol. The summed E-state index contributed by atoms with van der Waals surface area (Å²) >= 11 is 0. The number of aryl methyl sites for hydroxylation is 4. The molecule has 214 valence electrons. The van der Waals surface area contributed by atoms with Crippen molar-refractivity contribution >= 4 is 27.5 Å². The minimum Gasteiger partial charge on any atom is -0.352 e. The molecule has 0 radical (unpaired) electrons. The van der Waals surface area contributed by atoms with Crippen LogP contribution in [0, 0.1) is 27.7 Å². The Morgan fingerprint density at radius 3 is 2.02 bits per heavy atom. The number of amides is 2. The molecule has 3 rings (SSSR count). The quantitative estimate of drug-likeness (QED) is 0.336. The summed E-state index contributed by atoms with van der Waals surface area (Å²) < 4.78 is 29.1. The second-order valence-corrected chi connectivity index (χ2v) is 12.5. The van der Waals surface area contributed by atoms with Gasteiger partial charge in [0.25, 0.3) is 10.0 Å². The second kappa shape index (κ2) is 13.1. The maximum atomic E-state index is 14.1. The van der Waals surface area contributed by atoms with Gasteiger partial charge in [-0.05, 0) is 88.9 Å². The van der Waals surface area contributed by atoms with E-state index < -0.39 is 28.5 Å². The van der Waals surface area contributed by atoms with Crippen molar-refractivity contribution in [2.75, 3.05) is 10.8 Å². The average Bonchev–Trinajstić information content (AvgIpc) is 2.89. The fraction of sp³-hybridized carbons (Fsp3) is 0.375. The van der Waals surface area contributed by atoms with Crippen LogP contribution in [-0.2, 0) is 26.2 Å². The molecule has 0 fully saturated rings. The topological polar surface area (TPSA) is 86.8 Å². The highest BCUT2D eigenvalue weighted by Crippen LogP contribution is 2.27. The van der Waals surface area contributed by atoms with Gasteiger partial charge < -0.3 is 10.2 Å². The van der Waals surface area contributed by atoms with E-state index in [1.807, 2.05) is 71.9 Å². The van der Waals surface area contributed by atoms with E-state index in [1.54, 1.807) is 43.3 Å². The van der Waals surface area contributed by atoms with Gasteiger partial charge in [-0.2, -0.15) is 0 Å². The van der Waals surface area contributed by atoms with Crippen molar-refractivity contribution in [3.63, 3.8) is 0 Å². The smallest absolute Gasteiger partial charge is 0.264 e. The molecule has 0 saturated carbocycles. The second-order valence-electron chi connectivity index (χ2n) is 10.7. The van der Waals surface area contributed by atoms with Gasteiger partial charge >= 0.3 is 0 Å². The SMILES string of the molecule is CCC(C)NC(=O)C(C)N(Cc1cccc(C)c1)C(=O)CN(c1cc(C)cc(C)c1)S(=O)(=O)c1ccc(C)cc1. The fourth-order valence-corrected chi connectivity index (χ4v) is 5.91. The number of sulfonamides is 1. The summed E-state index contributed by atoms with van der Waals surface area (Å²) in [5.41, 5.74) is 4.97. The van der Waals surface area contributed by atoms with E-state index in [4.69, 9.17) is 0 Å². The van der Waals surface area contributed by atoms with E-state index in [9.17, 15) is 18.0 Å². The highest BCUT2D eigenvalue weighted by molar-refractivity contribution is 7.92. The lowest BCUT2D eigenvalue weighted by Gasteiger charge is -2.32. The normalized spacial score (nSPS) is 12.9. The number of nitrogens with zero attached hydrogens (tertiary/aromatic N) is 2. The first kappa shape index (κ1) is 30.9. The van der Waals surface area contributed by atoms with Gasteiger partial charge in [-0.3, -0.25) is 13.9 Å². The molecule has 3 aromatic rings. The monoisotopic (exact) mass is 563 g/mol. The molecule has 2 unspecified atom stereocenters. The van der Waals surface area contributed by atoms with Crippen molar-refractivity contribution in [2.45, 2.75) is 78.4 Å². The number of carbonyl (C=O) groups is 2. The molecule has 2 amide bonds. The molecule has 2 atom stereocenters. The van der Waals surface area contributed by atoms with Crippen LogP contribution in [0.15, 0.2) is 71.6 Å².